The van der Waals surface area contributed by atoms with Crippen LogP contribution < -0.4 is 0 Å². The van der Waals surface area contributed by atoms with Crippen molar-refractivity contribution in [1.82, 2.24) is 0 Å². The van der Waals surface area contributed by atoms with Crippen molar-refractivity contribution < 1.29 is 22.3 Å². The lowest BCUT2D eigenvalue weighted by Gasteiger charge is -2.32. The maximum absolute atomic E-state index is 13.4. The van der Waals surface area contributed by atoms with Crippen molar-refractivity contribution >= 4 is 46.4 Å². The molecule has 0 aliphatic heterocycles. The third-order valence-electron chi connectivity index (χ3n) is 2.07. The summed E-state index contributed by atoms with van der Waals surface area (Å²) in [4.78, 5) is 0. The fourth-order valence-electron chi connectivity index (χ4n) is 0.842. The minimum Gasteiger partial charge on any atom is -0.366 e. The smallest absolute Gasteiger partial charge is 0.253 e. The first-order valence-corrected chi connectivity index (χ1v) is 6.04. The molecule has 0 saturated heterocycles. The van der Waals surface area contributed by atoms with Crippen LogP contribution in [-0.2, 0) is 4.74 Å². The van der Waals surface area contributed by atoms with E-state index in [2.05, 4.69) is 4.74 Å². The monoisotopic (exact) mass is 338 g/mol. The molecule has 0 spiro atoms. The van der Waals surface area contributed by atoms with E-state index in [1.807, 2.05) is 0 Å². The van der Waals surface area contributed by atoms with Gasteiger partial charge in [-0.1, -0.05) is 46.4 Å². The van der Waals surface area contributed by atoms with Gasteiger partial charge in [-0.05, 0) is 13.8 Å². The molecule has 0 heterocycles. The molecule has 104 valence electrons. The Bertz CT molecular complexity index is 226. The maximum Gasteiger partial charge on any atom is 0.253 e. The summed E-state index contributed by atoms with van der Waals surface area (Å²) in [6, 6.07) is 0. The van der Waals surface area contributed by atoms with Crippen LogP contribution in [0.4, 0.5) is 17.6 Å². The molecule has 0 aromatic heterocycles. The van der Waals surface area contributed by atoms with Crippen LogP contribution in [0.5, 0.6) is 0 Å². The number of ether oxygens (including phenoxy) is 1. The van der Waals surface area contributed by atoms with Gasteiger partial charge in [-0.2, -0.15) is 0 Å². The van der Waals surface area contributed by atoms with Crippen molar-refractivity contribution in [3.63, 3.8) is 0 Å². The first-order chi connectivity index (χ1) is 7.44. The van der Waals surface area contributed by atoms with Gasteiger partial charge in [-0.3, -0.25) is 0 Å². The molecule has 17 heavy (non-hydrogen) atoms. The van der Waals surface area contributed by atoms with E-state index in [1.165, 1.54) is 0 Å². The molecule has 0 rings (SSSR count). The van der Waals surface area contributed by atoms with Crippen molar-refractivity contribution in [2.75, 3.05) is 0 Å². The summed E-state index contributed by atoms with van der Waals surface area (Å²) in [6.45, 7) is 1.99. The SMILES string of the molecule is CC(OC(C)C(F)(Cl)C(F)Cl)C(F)(Cl)C(F)Cl. The highest BCUT2D eigenvalue weighted by Gasteiger charge is 2.49. The van der Waals surface area contributed by atoms with E-state index in [-0.39, 0.29) is 0 Å². The van der Waals surface area contributed by atoms with Gasteiger partial charge in [0.25, 0.3) is 10.3 Å². The quantitative estimate of drug-likeness (QED) is 0.505. The minimum absolute atomic E-state index is 0.993. The molecule has 0 aromatic rings. The molecular weight excluding hydrogens is 330 g/mol. The number of hydrogen-bond acceptors (Lipinski definition) is 1. The van der Waals surface area contributed by atoms with Crippen molar-refractivity contribution in [2.45, 2.75) is 47.6 Å². The van der Waals surface area contributed by atoms with Gasteiger partial charge in [0.05, 0.1) is 0 Å². The number of rotatable bonds is 6. The zero-order valence-corrected chi connectivity index (χ0v) is 11.8. The van der Waals surface area contributed by atoms with Gasteiger partial charge in [-0.15, -0.1) is 0 Å². The highest BCUT2D eigenvalue weighted by molar-refractivity contribution is 6.31. The molecule has 9 heteroatoms. The normalized spacial score (nSPS) is 26.5. The summed E-state index contributed by atoms with van der Waals surface area (Å²) in [5.74, 6) is 0. The van der Waals surface area contributed by atoms with Gasteiger partial charge < -0.3 is 4.74 Å². The summed E-state index contributed by atoms with van der Waals surface area (Å²) in [6.07, 6.45) is -3.34. The van der Waals surface area contributed by atoms with E-state index in [9.17, 15) is 17.6 Å². The fourth-order valence-corrected chi connectivity index (χ4v) is 1.30. The van der Waals surface area contributed by atoms with E-state index in [4.69, 9.17) is 46.4 Å². The van der Waals surface area contributed by atoms with Crippen molar-refractivity contribution in [2.24, 2.45) is 0 Å². The summed E-state index contributed by atoms with van der Waals surface area (Å²) in [5.41, 5.74) is -5.18. The van der Waals surface area contributed by atoms with Gasteiger partial charge in [0.1, 0.15) is 12.2 Å². The Morgan fingerprint density at radius 3 is 1.29 bits per heavy atom. The second kappa shape index (κ2) is 6.33. The lowest BCUT2D eigenvalue weighted by atomic mass is 10.2. The van der Waals surface area contributed by atoms with E-state index >= 15 is 0 Å². The molecule has 0 N–H and O–H groups in total. The molecule has 0 aliphatic rings. The molecule has 0 amide bonds. The second-order valence-electron chi connectivity index (χ2n) is 3.37. The minimum atomic E-state index is -3.10. The first kappa shape index (κ1) is 17.8. The fraction of sp³-hybridized carbons (Fsp3) is 1.00. The molecule has 1 nitrogen and oxygen atoms in total. The zero-order valence-electron chi connectivity index (χ0n) is 8.74. The Kier molecular flexibility index (Phi) is 6.64. The topological polar surface area (TPSA) is 9.23 Å². The highest BCUT2D eigenvalue weighted by atomic mass is 35.5. The molecule has 0 aromatic carbocycles. The Hall–Kier alpha value is 0.840. The van der Waals surface area contributed by atoms with Crippen molar-refractivity contribution in [1.29, 1.82) is 0 Å². The molecule has 6 atom stereocenters. The molecule has 0 saturated carbocycles. The van der Waals surface area contributed by atoms with Crippen LogP contribution in [0.3, 0.4) is 0 Å². The summed E-state index contributed by atoms with van der Waals surface area (Å²) >= 11 is 19.9. The summed E-state index contributed by atoms with van der Waals surface area (Å²) in [5, 5.41) is -6.19. The van der Waals surface area contributed by atoms with Crippen LogP contribution in [0.25, 0.3) is 0 Å². The average Bonchev–Trinajstić information content (AvgIpc) is 2.16. The van der Waals surface area contributed by atoms with Crippen LogP contribution in [0.2, 0.25) is 0 Å². The third kappa shape index (κ3) is 4.46. The van der Waals surface area contributed by atoms with Gasteiger partial charge in [0, 0.05) is 0 Å². The number of alkyl halides is 8. The van der Waals surface area contributed by atoms with E-state index < -0.39 is 33.7 Å². The van der Waals surface area contributed by atoms with E-state index in [1.54, 1.807) is 0 Å². The standard InChI is InChI=1S/C8H10Cl4F4O/c1-3(7(11,15)5(9)13)17-4(2)8(12,16)6(10)14/h3-6H,1-2H3. The highest BCUT2D eigenvalue weighted by Crippen LogP contribution is 2.38. The predicted molar refractivity (Wildman–Crippen MR) is 60.9 cm³/mol. The van der Waals surface area contributed by atoms with Crippen LogP contribution in [0.1, 0.15) is 13.8 Å². The molecule has 0 aliphatic carbocycles. The summed E-state index contributed by atoms with van der Waals surface area (Å²) < 4.78 is 56.6. The summed E-state index contributed by atoms with van der Waals surface area (Å²) in [7, 11) is 0. The molecule has 0 bridgehead atoms. The van der Waals surface area contributed by atoms with Crippen LogP contribution in [0, 0.1) is 0 Å². The zero-order chi connectivity index (χ0) is 14.0. The van der Waals surface area contributed by atoms with E-state index in [0.29, 0.717) is 0 Å². The van der Waals surface area contributed by atoms with Gasteiger partial charge in [-0.25, -0.2) is 17.6 Å². The van der Waals surface area contributed by atoms with Gasteiger partial charge in [0.15, 0.2) is 0 Å². The lowest BCUT2D eigenvalue weighted by Crippen LogP contribution is -2.46. The lowest BCUT2D eigenvalue weighted by molar-refractivity contribution is -0.103. The molecular formula is C8H10Cl4F4O. The van der Waals surface area contributed by atoms with E-state index in [0.717, 1.165) is 13.8 Å². The molecule has 6 unspecified atom stereocenters. The maximum atomic E-state index is 13.4. The van der Waals surface area contributed by atoms with Crippen LogP contribution in [-0.4, -0.2) is 33.7 Å². The first-order valence-electron chi connectivity index (χ1n) is 4.41. The van der Waals surface area contributed by atoms with Gasteiger partial charge >= 0.3 is 0 Å². The molecule has 0 radical (unpaired) electrons. The number of hydrogen-bond donors (Lipinski definition) is 0. The van der Waals surface area contributed by atoms with Crippen molar-refractivity contribution in [3.8, 4) is 0 Å². The van der Waals surface area contributed by atoms with Crippen LogP contribution >= 0.6 is 46.4 Å². The van der Waals surface area contributed by atoms with Crippen LogP contribution in [0.15, 0.2) is 0 Å². The Balaban J connectivity index is 4.65. The largest absolute Gasteiger partial charge is 0.366 e. The Labute approximate surface area is 116 Å². The molecule has 0 fully saturated rings. The Morgan fingerprint density at radius 1 is 0.882 bits per heavy atom. The third-order valence-corrected chi connectivity index (χ3v) is 3.93. The second-order valence-corrected chi connectivity index (χ2v) is 5.30. The van der Waals surface area contributed by atoms with Crippen molar-refractivity contribution in [3.05, 3.63) is 0 Å². The number of halogens is 8. The average molecular weight is 340 g/mol. The van der Waals surface area contributed by atoms with Gasteiger partial charge in [0.2, 0.25) is 11.3 Å². The Morgan fingerprint density at radius 2 is 1.12 bits per heavy atom. The predicted octanol–water partition coefficient (Wildman–Crippen LogP) is 4.66.